The van der Waals surface area contributed by atoms with Crippen molar-refractivity contribution in [1.82, 2.24) is 34.9 Å². The highest BCUT2D eigenvalue weighted by Gasteiger charge is 2.54. The number of likely N-dealkylation sites (tertiary alicyclic amines) is 1. The molecule has 3 aromatic rings. The van der Waals surface area contributed by atoms with Crippen LogP contribution in [0.2, 0.25) is 0 Å². The van der Waals surface area contributed by atoms with Crippen LogP contribution in [0.25, 0.3) is 0 Å². The minimum Gasteiger partial charge on any atom is -0.490 e. The maximum Gasteiger partial charge on any atom is 0.282 e. The van der Waals surface area contributed by atoms with Gasteiger partial charge in [-0.25, -0.2) is 18.2 Å². The normalized spacial score (nSPS) is 20.3. The molecule has 12 nitrogen and oxygen atoms in total. The number of carbonyl (C=O) groups is 1. The first-order valence-corrected chi connectivity index (χ1v) is 18.6. The van der Waals surface area contributed by atoms with Crippen molar-refractivity contribution in [2.24, 2.45) is 5.41 Å². The highest BCUT2D eigenvalue weighted by atomic mass is 19.3. The van der Waals surface area contributed by atoms with E-state index in [9.17, 15) is 18.0 Å². The third-order valence-corrected chi connectivity index (χ3v) is 11.2. The number of anilines is 1. The van der Waals surface area contributed by atoms with Crippen LogP contribution in [-0.2, 0) is 17.7 Å². The Morgan fingerprint density at radius 3 is 2.53 bits per heavy atom. The van der Waals surface area contributed by atoms with Crippen molar-refractivity contribution in [1.29, 1.82) is 0 Å². The molecule has 6 heterocycles. The van der Waals surface area contributed by atoms with Gasteiger partial charge in [-0.15, -0.1) is 10.2 Å². The lowest BCUT2D eigenvalue weighted by Crippen LogP contribution is -2.68. The number of hydrogen-bond donors (Lipinski definition) is 0. The van der Waals surface area contributed by atoms with E-state index in [-0.39, 0.29) is 46.9 Å². The fourth-order valence-electron chi connectivity index (χ4n) is 7.97. The molecule has 0 bridgehead atoms. The first kappa shape index (κ1) is 37.4. The summed E-state index contributed by atoms with van der Waals surface area (Å²) in [4.78, 5) is 29.3. The molecule has 0 radical (unpaired) electrons. The van der Waals surface area contributed by atoms with Crippen LogP contribution in [0.5, 0.6) is 17.4 Å². The summed E-state index contributed by atoms with van der Waals surface area (Å²) < 4.78 is 55.0. The third-order valence-electron chi connectivity index (χ3n) is 11.2. The lowest BCUT2D eigenvalue weighted by molar-refractivity contribution is -0.221. The fourth-order valence-corrected chi connectivity index (χ4v) is 7.97. The quantitative estimate of drug-likeness (QED) is 0.223. The summed E-state index contributed by atoms with van der Waals surface area (Å²) in [6.07, 6.45) is 7.05. The number of halogens is 3. The highest BCUT2D eigenvalue weighted by Crippen LogP contribution is 2.52. The molecule has 2 aromatic heterocycles. The highest BCUT2D eigenvalue weighted by molar-refractivity contribution is 5.79. The average Bonchev–Trinajstić information content (AvgIpc) is 3.06. The predicted molar refractivity (Wildman–Crippen MR) is 191 cm³/mol. The Hall–Kier alpha value is -3.92. The molecule has 1 aromatic carbocycles. The molecule has 4 aliphatic heterocycles. The second-order valence-corrected chi connectivity index (χ2v) is 15.5. The zero-order chi connectivity index (χ0) is 37.2. The molecule has 0 N–H and O–H groups in total. The summed E-state index contributed by atoms with van der Waals surface area (Å²) in [7, 11) is 1.69. The third kappa shape index (κ3) is 8.58. The van der Waals surface area contributed by atoms with Gasteiger partial charge in [-0.3, -0.25) is 24.5 Å². The molecule has 4 fully saturated rings. The number of pyridine rings is 1. The van der Waals surface area contributed by atoms with E-state index >= 15 is 0 Å². The molecule has 15 heteroatoms. The van der Waals surface area contributed by atoms with Gasteiger partial charge in [0.05, 0.1) is 24.3 Å². The van der Waals surface area contributed by atoms with Gasteiger partial charge in [0.15, 0.2) is 12.1 Å². The summed E-state index contributed by atoms with van der Waals surface area (Å²) in [5, 5.41) is 7.96. The zero-order valence-electron chi connectivity index (χ0n) is 30.7. The monoisotopic (exact) mass is 738 g/mol. The number of rotatable bonds is 13. The molecular weight excluding hydrogens is 689 g/mol. The Morgan fingerprint density at radius 2 is 1.85 bits per heavy atom. The van der Waals surface area contributed by atoms with Gasteiger partial charge in [0.2, 0.25) is 0 Å². The zero-order valence-corrected chi connectivity index (χ0v) is 30.7. The summed E-state index contributed by atoms with van der Waals surface area (Å²) in [5.74, 6) is 1.43. The molecule has 3 saturated heterocycles. The molecule has 0 unspecified atom stereocenters. The van der Waals surface area contributed by atoms with Crippen molar-refractivity contribution in [3.63, 3.8) is 0 Å². The topological polar surface area (TPSA) is 109 Å². The molecular formula is C38H49F3N8O4. The first-order chi connectivity index (χ1) is 25.5. The standard InChI is InChI=1S/C32H36FN7O4.C6H13F2N/c33-23-2-3-27(22(12-23)16-41)44-30-29(35-21-36-37-30)40-17-31(18-40)13-24(14-31)43-28-4-7-34-26-5-10-38(15-25(26)28)8-1-9-39-19-32(20-39)6-11-42-32;1-5(2)9(3)4-6(7)8/h2-4,7,12,16,21,24H,1,5-6,8-11,13-15,17-20H2;5-6H,4H2,1-3H3. The molecule has 1 aliphatic carbocycles. The molecule has 0 amide bonds. The Balaban J connectivity index is 0.000000431. The lowest BCUT2D eigenvalue weighted by atomic mass is 9.61. The number of ether oxygens (including phenoxy) is 3. The minimum atomic E-state index is -2.21. The molecule has 286 valence electrons. The summed E-state index contributed by atoms with van der Waals surface area (Å²) in [5.41, 5.74) is 2.88. The van der Waals surface area contributed by atoms with E-state index in [0.717, 1.165) is 95.7 Å². The van der Waals surface area contributed by atoms with Gasteiger partial charge in [-0.05, 0) is 77.5 Å². The van der Waals surface area contributed by atoms with E-state index in [0.29, 0.717) is 12.1 Å². The SMILES string of the molecule is CC(C)N(C)CC(F)F.O=Cc1cc(F)ccc1Oc1nncnc1N1CC2(CC(Oc3ccnc4c3CN(CCCN3CC5(CCO5)C3)CC4)C2)C1. The van der Waals surface area contributed by atoms with Gasteiger partial charge >= 0.3 is 0 Å². The number of benzene rings is 1. The van der Waals surface area contributed by atoms with Crippen molar-refractivity contribution in [3.05, 3.63) is 59.4 Å². The molecule has 53 heavy (non-hydrogen) atoms. The Morgan fingerprint density at radius 1 is 1.08 bits per heavy atom. The van der Waals surface area contributed by atoms with Crippen molar-refractivity contribution < 1.29 is 32.2 Å². The van der Waals surface area contributed by atoms with Gasteiger partial charge in [-0.2, -0.15) is 0 Å². The Bertz CT molecular complexity index is 1730. The van der Waals surface area contributed by atoms with Crippen LogP contribution in [0.4, 0.5) is 19.0 Å². The van der Waals surface area contributed by atoms with Gasteiger partial charge < -0.3 is 19.1 Å². The first-order valence-electron chi connectivity index (χ1n) is 18.6. The maximum absolute atomic E-state index is 13.6. The van der Waals surface area contributed by atoms with Crippen molar-refractivity contribution in [2.75, 3.05) is 70.9 Å². The molecule has 2 spiro atoms. The van der Waals surface area contributed by atoms with Gasteiger partial charge in [0.25, 0.3) is 12.3 Å². The molecule has 1 saturated carbocycles. The second-order valence-electron chi connectivity index (χ2n) is 15.5. The largest absolute Gasteiger partial charge is 0.490 e. The number of aromatic nitrogens is 4. The summed E-state index contributed by atoms with van der Waals surface area (Å²) in [6.45, 7) is 12.5. The number of fused-ring (bicyclic) bond motifs is 1. The minimum absolute atomic E-state index is 0.103. The van der Waals surface area contributed by atoms with Crippen LogP contribution in [0, 0.1) is 11.2 Å². The predicted octanol–water partition coefficient (Wildman–Crippen LogP) is 4.87. The summed E-state index contributed by atoms with van der Waals surface area (Å²) in [6, 6.07) is 6.01. The van der Waals surface area contributed by atoms with Crippen molar-refractivity contribution >= 4 is 12.1 Å². The van der Waals surface area contributed by atoms with E-state index in [4.69, 9.17) is 14.2 Å². The van der Waals surface area contributed by atoms with E-state index in [1.54, 1.807) is 11.9 Å². The van der Waals surface area contributed by atoms with Crippen LogP contribution in [0.3, 0.4) is 0 Å². The smallest absolute Gasteiger partial charge is 0.282 e. The van der Waals surface area contributed by atoms with Crippen LogP contribution >= 0.6 is 0 Å². The fraction of sp³-hybridized carbons (Fsp3) is 0.605. The summed E-state index contributed by atoms with van der Waals surface area (Å²) >= 11 is 0. The molecule has 5 aliphatic rings. The Labute approximate surface area is 308 Å². The molecule has 0 atom stereocenters. The Kier molecular flexibility index (Phi) is 11.2. The second kappa shape index (κ2) is 15.8. The lowest BCUT2D eigenvalue weighted by Gasteiger charge is -2.58. The van der Waals surface area contributed by atoms with Crippen LogP contribution in [0.1, 0.15) is 61.1 Å². The number of carbonyl (C=O) groups excluding carboxylic acids is 1. The number of hydrogen-bond acceptors (Lipinski definition) is 12. The van der Waals surface area contributed by atoms with Crippen LogP contribution < -0.4 is 14.4 Å². The van der Waals surface area contributed by atoms with Crippen LogP contribution in [0.15, 0.2) is 36.8 Å². The van der Waals surface area contributed by atoms with Crippen molar-refractivity contribution in [2.45, 2.75) is 76.7 Å². The van der Waals surface area contributed by atoms with Gasteiger partial charge in [0, 0.05) is 81.0 Å². The number of nitrogens with zero attached hydrogens (tertiary/aromatic N) is 8. The van der Waals surface area contributed by atoms with Crippen LogP contribution in [-0.4, -0.2) is 131 Å². The van der Waals surface area contributed by atoms with E-state index in [2.05, 4.69) is 34.9 Å². The van der Waals surface area contributed by atoms with E-state index in [1.807, 2.05) is 26.1 Å². The maximum atomic E-state index is 13.6. The number of alkyl halides is 2. The number of aldehydes is 1. The van der Waals surface area contributed by atoms with E-state index < -0.39 is 12.2 Å². The van der Waals surface area contributed by atoms with Crippen molar-refractivity contribution in [3.8, 4) is 17.4 Å². The van der Waals surface area contributed by atoms with E-state index in [1.165, 1.54) is 36.9 Å². The van der Waals surface area contributed by atoms with Gasteiger partial charge in [-0.1, -0.05) is 0 Å². The average molecular weight is 739 g/mol. The molecule has 8 rings (SSSR count). The van der Waals surface area contributed by atoms with Gasteiger partial charge in [0.1, 0.15) is 29.7 Å².